The highest BCUT2D eigenvalue weighted by molar-refractivity contribution is 7.13. The first-order valence-corrected chi connectivity index (χ1v) is 7.56. The van der Waals surface area contributed by atoms with Crippen LogP contribution in [-0.2, 0) is 0 Å². The molecule has 0 radical (unpaired) electrons. The van der Waals surface area contributed by atoms with Crippen LogP contribution in [0, 0.1) is 5.92 Å². The summed E-state index contributed by atoms with van der Waals surface area (Å²) in [6.45, 7) is 9.79. The minimum absolute atomic E-state index is 0.365. The number of thiazole rings is 1. The van der Waals surface area contributed by atoms with Crippen LogP contribution >= 0.6 is 11.3 Å². The van der Waals surface area contributed by atoms with Crippen LogP contribution in [0.15, 0.2) is 5.38 Å². The van der Waals surface area contributed by atoms with E-state index in [4.69, 9.17) is 4.98 Å². The van der Waals surface area contributed by atoms with Gasteiger partial charge in [0.25, 0.3) is 0 Å². The van der Waals surface area contributed by atoms with E-state index in [1.54, 1.807) is 11.3 Å². The molecule has 0 bridgehead atoms. The quantitative estimate of drug-likeness (QED) is 0.809. The number of nitrogens with zero attached hydrogens (tertiary/aromatic N) is 2. The molecule has 1 unspecified atom stereocenters. The molecule has 1 saturated carbocycles. The van der Waals surface area contributed by atoms with E-state index in [0.29, 0.717) is 6.04 Å². The van der Waals surface area contributed by atoms with Gasteiger partial charge in [-0.1, -0.05) is 6.92 Å². The lowest BCUT2D eigenvalue weighted by molar-refractivity contribution is 0.585. The first kappa shape index (κ1) is 12.8. The lowest BCUT2D eigenvalue weighted by Gasteiger charge is -2.19. The molecule has 3 nitrogen and oxygen atoms in total. The van der Waals surface area contributed by atoms with Crippen molar-refractivity contribution in [1.29, 1.82) is 0 Å². The van der Waals surface area contributed by atoms with Crippen molar-refractivity contribution in [2.75, 3.05) is 24.5 Å². The maximum atomic E-state index is 4.76. The van der Waals surface area contributed by atoms with Gasteiger partial charge in [0.1, 0.15) is 0 Å². The number of aromatic nitrogens is 1. The van der Waals surface area contributed by atoms with Crippen LogP contribution in [0.2, 0.25) is 0 Å². The van der Waals surface area contributed by atoms with Gasteiger partial charge in [0.2, 0.25) is 0 Å². The average Bonchev–Trinajstić information content (AvgIpc) is 3.01. The van der Waals surface area contributed by atoms with Crippen LogP contribution in [0.4, 0.5) is 5.13 Å². The Kier molecular flexibility index (Phi) is 4.40. The van der Waals surface area contributed by atoms with Crippen molar-refractivity contribution < 1.29 is 0 Å². The fourth-order valence-electron chi connectivity index (χ4n) is 1.99. The molecule has 1 aromatic heterocycles. The molecule has 1 heterocycles. The molecule has 1 aromatic rings. The van der Waals surface area contributed by atoms with Gasteiger partial charge in [-0.05, 0) is 39.2 Å². The maximum absolute atomic E-state index is 4.76. The highest BCUT2D eigenvalue weighted by Crippen LogP contribution is 2.32. The van der Waals surface area contributed by atoms with Crippen molar-refractivity contribution in [2.24, 2.45) is 5.92 Å². The van der Waals surface area contributed by atoms with Gasteiger partial charge in [0.05, 0.1) is 5.69 Å². The van der Waals surface area contributed by atoms with Crippen LogP contribution in [-0.4, -0.2) is 24.6 Å². The Morgan fingerprint density at radius 3 is 2.88 bits per heavy atom. The van der Waals surface area contributed by atoms with Crippen molar-refractivity contribution in [3.8, 4) is 0 Å². The Morgan fingerprint density at radius 2 is 2.29 bits per heavy atom. The third-order valence-corrected chi connectivity index (χ3v) is 4.21. The van der Waals surface area contributed by atoms with E-state index in [9.17, 15) is 0 Å². The smallest absolute Gasteiger partial charge is 0.185 e. The first-order chi connectivity index (χ1) is 8.24. The number of hydrogen-bond acceptors (Lipinski definition) is 4. The Bertz CT molecular complexity index is 346. The summed E-state index contributed by atoms with van der Waals surface area (Å²) in [5.41, 5.74) is 1.18. The molecule has 0 aliphatic heterocycles. The molecule has 2 rings (SSSR count). The normalized spacial score (nSPS) is 17.1. The summed E-state index contributed by atoms with van der Waals surface area (Å²) in [6, 6.07) is 0.365. The van der Waals surface area contributed by atoms with Crippen molar-refractivity contribution >= 4 is 16.5 Å². The molecule has 1 atom stereocenters. The summed E-state index contributed by atoms with van der Waals surface area (Å²) in [5, 5.41) is 6.80. The second kappa shape index (κ2) is 5.83. The molecule has 1 fully saturated rings. The Hall–Kier alpha value is -0.610. The largest absolute Gasteiger partial charge is 0.348 e. The highest BCUT2D eigenvalue weighted by atomic mass is 32.1. The van der Waals surface area contributed by atoms with E-state index in [0.717, 1.165) is 19.0 Å². The Morgan fingerprint density at radius 1 is 1.53 bits per heavy atom. The lowest BCUT2D eigenvalue weighted by Crippen LogP contribution is -2.25. The Labute approximate surface area is 108 Å². The monoisotopic (exact) mass is 253 g/mol. The van der Waals surface area contributed by atoms with E-state index in [-0.39, 0.29) is 0 Å². The van der Waals surface area contributed by atoms with Crippen molar-refractivity contribution in [3.63, 3.8) is 0 Å². The van der Waals surface area contributed by atoms with Gasteiger partial charge < -0.3 is 10.2 Å². The van der Waals surface area contributed by atoms with Gasteiger partial charge in [-0.3, -0.25) is 0 Å². The van der Waals surface area contributed by atoms with Crippen LogP contribution in [0.25, 0.3) is 0 Å². The zero-order valence-corrected chi connectivity index (χ0v) is 11.9. The number of nitrogens with one attached hydrogen (secondary N) is 1. The molecule has 0 saturated heterocycles. The van der Waals surface area contributed by atoms with Crippen LogP contribution in [0.3, 0.4) is 0 Å². The van der Waals surface area contributed by atoms with Gasteiger partial charge in [-0.25, -0.2) is 4.98 Å². The molecule has 0 aromatic carbocycles. The molecular weight excluding hydrogens is 230 g/mol. The zero-order chi connectivity index (χ0) is 12.3. The standard InChI is InChI=1S/C13H23N3S/c1-4-14-10(3)12-9-17-13(15-12)16(5-2)8-11-6-7-11/h9-11,14H,4-8H2,1-3H3. The van der Waals surface area contributed by atoms with Gasteiger partial charge in [0, 0.05) is 24.5 Å². The van der Waals surface area contributed by atoms with Crippen LogP contribution in [0.1, 0.15) is 45.3 Å². The zero-order valence-electron chi connectivity index (χ0n) is 11.1. The second-order valence-corrected chi connectivity index (χ2v) is 5.65. The number of hydrogen-bond donors (Lipinski definition) is 1. The van der Waals surface area contributed by atoms with Gasteiger partial charge in [0.15, 0.2) is 5.13 Å². The van der Waals surface area contributed by atoms with E-state index in [2.05, 4.69) is 36.4 Å². The third kappa shape index (κ3) is 3.42. The molecule has 1 N–H and O–H groups in total. The second-order valence-electron chi connectivity index (χ2n) is 4.82. The minimum Gasteiger partial charge on any atom is -0.348 e. The summed E-state index contributed by atoms with van der Waals surface area (Å²) < 4.78 is 0. The van der Waals surface area contributed by atoms with Crippen LogP contribution < -0.4 is 10.2 Å². The minimum atomic E-state index is 0.365. The molecular formula is C13H23N3S. The van der Waals surface area contributed by atoms with Gasteiger partial charge >= 0.3 is 0 Å². The molecule has 0 spiro atoms. The molecule has 96 valence electrons. The first-order valence-electron chi connectivity index (χ1n) is 6.68. The predicted octanol–water partition coefficient (Wildman–Crippen LogP) is 3.05. The molecule has 17 heavy (non-hydrogen) atoms. The molecule has 1 aliphatic carbocycles. The van der Waals surface area contributed by atoms with Crippen molar-refractivity contribution in [2.45, 2.75) is 39.7 Å². The summed E-state index contributed by atoms with van der Waals surface area (Å²) in [6.07, 6.45) is 2.81. The van der Waals surface area contributed by atoms with Gasteiger partial charge in [-0.15, -0.1) is 11.3 Å². The number of rotatable bonds is 7. The molecule has 0 amide bonds. The van der Waals surface area contributed by atoms with Crippen LogP contribution in [0.5, 0.6) is 0 Å². The fraction of sp³-hybridized carbons (Fsp3) is 0.769. The van der Waals surface area contributed by atoms with Crippen molar-refractivity contribution in [1.82, 2.24) is 10.3 Å². The van der Waals surface area contributed by atoms with E-state index in [1.807, 2.05) is 0 Å². The molecule has 1 aliphatic rings. The summed E-state index contributed by atoms with van der Waals surface area (Å²) in [7, 11) is 0. The predicted molar refractivity (Wildman–Crippen MR) is 74.8 cm³/mol. The average molecular weight is 253 g/mol. The van der Waals surface area contributed by atoms with E-state index in [1.165, 1.54) is 30.2 Å². The van der Waals surface area contributed by atoms with Crippen molar-refractivity contribution in [3.05, 3.63) is 11.1 Å². The molecule has 4 heteroatoms. The Balaban J connectivity index is 1.99. The summed E-state index contributed by atoms with van der Waals surface area (Å²) in [4.78, 5) is 7.18. The van der Waals surface area contributed by atoms with E-state index >= 15 is 0 Å². The van der Waals surface area contributed by atoms with Gasteiger partial charge in [-0.2, -0.15) is 0 Å². The SMILES string of the molecule is CCNC(C)c1csc(N(CC)CC2CC2)n1. The summed E-state index contributed by atoms with van der Waals surface area (Å²) in [5.74, 6) is 0.925. The highest BCUT2D eigenvalue weighted by Gasteiger charge is 2.25. The summed E-state index contributed by atoms with van der Waals surface area (Å²) >= 11 is 1.78. The topological polar surface area (TPSA) is 28.2 Å². The lowest BCUT2D eigenvalue weighted by atomic mass is 10.2. The number of anilines is 1. The third-order valence-electron chi connectivity index (χ3n) is 3.29. The fourth-order valence-corrected chi connectivity index (χ4v) is 2.98. The maximum Gasteiger partial charge on any atom is 0.185 e. The van der Waals surface area contributed by atoms with E-state index < -0.39 is 0 Å².